The van der Waals surface area contributed by atoms with Crippen LogP contribution in [0.1, 0.15) is 24.3 Å². The third-order valence-electron chi connectivity index (χ3n) is 4.21. The van der Waals surface area contributed by atoms with Gasteiger partial charge in [-0.25, -0.2) is 0 Å². The zero-order valence-electron chi connectivity index (χ0n) is 11.7. The van der Waals surface area contributed by atoms with Crippen LogP contribution in [0.25, 0.3) is 10.9 Å². The van der Waals surface area contributed by atoms with Gasteiger partial charge in [0.05, 0.1) is 24.3 Å². The van der Waals surface area contributed by atoms with Gasteiger partial charge in [-0.05, 0) is 18.1 Å². The summed E-state index contributed by atoms with van der Waals surface area (Å²) in [5.41, 5.74) is 7.06. The van der Waals surface area contributed by atoms with Gasteiger partial charge in [0.1, 0.15) is 11.3 Å². The molecule has 5 heteroatoms. The van der Waals surface area contributed by atoms with Crippen molar-refractivity contribution in [2.45, 2.75) is 19.4 Å². The summed E-state index contributed by atoms with van der Waals surface area (Å²) >= 11 is 0. The summed E-state index contributed by atoms with van der Waals surface area (Å²) in [5, 5.41) is 11.1. The lowest BCUT2D eigenvalue weighted by atomic mass is 9.83. The largest absolute Gasteiger partial charge is 0.397 e. The lowest BCUT2D eigenvalue weighted by Crippen LogP contribution is -2.66. The molecule has 5 nitrogen and oxygen atoms in total. The molecule has 1 aliphatic rings. The molecule has 1 fully saturated rings. The highest BCUT2D eigenvalue weighted by molar-refractivity contribution is 6.01. The second-order valence-electron chi connectivity index (χ2n) is 5.91. The first-order chi connectivity index (χ1) is 9.40. The molecule has 20 heavy (non-hydrogen) atoms. The summed E-state index contributed by atoms with van der Waals surface area (Å²) < 4.78 is 0. The fourth-order valence-electron chi connectivity index (χ4n) is 2.59. The number of para-hydroxylation sites is 1. The lowest BCUT2D eigenvalue weighted by Gasteiger charge is -2.48. The smallest absolute Gasteiger partial charge is 0.270 e. The number of carbonyl (C=O) groups is 1. The number of hydrogen-bond donors (Lipinski definition) is 3. The maximum atomic E-state index is 12.4. The van der Waals surface area contributed by atoms with Crippen LogP contribution in [0.4, 0.5) is 5.69 Å². The third kappa shape index (κ3) is 1.86. The number of amides is 1. The van der Waals surface area contributed by atoms with Crippen LogP contribution >= 0.6 is 0 Å². The maximum absolute atomic E-state index is 12.4. The summed E-state index contributed by atoms with van der Waals surface area (Å²) in [6, 6.07) is 7.38. The van der Waals surface area contributed by atoms with Crippen molar-refractivity contribution in [1.82, 2.24) is 9.88 Å². The molecule has 0 bridgehead atoms. The molecule has 1 saturated heterocycles. The number of β-amino-alcohol motifs (C(OH)–C–C–N with tert-alkyl or cyclic N) is 1. The first-order valence-electron chi connectivity index (χ1n) is 6.79. The van der Waals surface area contributed by atoms with Crippen molar-refractivity contribution in [2.24, 2.45) is 5.92 Å². The molecule has 1 aromatic carbocycles. The van der Waals surface area contributed by atoms with E-state index in [0.717, 1.165) is 10.9 Å². The molecule has 4 N–H and O–H groups in total. The van der Waals surface area contributed by atoms with Gasteiger partial charge in [-0.1, -0.05) is 26.0 Å². The SMILES string of the molecule is CC(C)C1(O)CN(C(=O)c2cc3cccc(N)c3[nH]2)C1. The molecule has 3 rings (SSSR count). The number of H-pyrrole nitrogens is 1. The van der Waals surface area contributed by atoms with Gasteiger partial charge < -0.3 is 20.7 Å². The van der Waals surface area contributed by atoms with E-state index in [2.05, 4.69) is 4.98 Å². The third-order valence-corrected chi connectivity index (χ3v) is 4.21. The van der Waals surface area contributed by atoms with Gasteiger partial charge in [-0.2, -0.15) is 0 Å². The molecule has 0 atom stereocenters. The number of nitrogen functional groups attached to an aromatic ring is 1. The highest BCUT2D eigenvalue weighted by Crippen LogP contribution is 2.30. The number of anilines is 1. The molecular formula is C15H19N3O2. The van der Waals surface area contributed by atoms with Gasteiger partial charge in [-0.15, -0.1) is 0 Å². The number of nitrogens with two attached hydrogens (primary N) is 1. The number of likely N-dealkylation sites (tertiary alicyclic amines) is 1. The minimum atomic E-state index is -0.749. The van der Waals surface area contributed by atoms with E-state index in [4.69, 9.17) is 5.73 Å². The van der Waals surface area contributed by atoms with Crippen molar-refractivity contribution in [2.75, 3.05) is 18.8 Å². The Morgan fingerprint density at radius 2 is 2.15 bits per heavy atom. The highest BCUT2D eigenvalue weighted by atomic mass is 16.3. The fourth-order valence-corrected chi connectivity index (χ4v) is 2.59. The van der Waals surface area contributed by atoms with Crippen LogP contribution in [-0.2, 0) is 0 Å². The quantitative estimate of drug-likeness (QED) is 0.727. The van der Waals surface area contributed by atoms with Crippen molar-refractivity contribution >= 4 is 22.5 Å². The molecule has 2 heterocycles. The topological polar surface area (TPSA) is 82.3 Å². The number of nitrogens with zero attached hydrogens (tertiary/aromatic N) is 1. The highest BCUT2D eigenvalue weighted by Gasteiger charge is 2.46. The first-order valence-corrected chi connectivity index (χ1v) is 6.79. The Morgan fingerprint density at radius 3 is 2.75 bits per heavy atom. The van der Waals surface area contributed by atoms with Crippen LogP contribution in [-0.4, -0.2) is 39.6 Å². The predicted octanol–water partition coefficient (Wildman–Crippen LogP) is 1.59. The minimum Gasteiger partial charge on any atom is -0.397 e. The van der Waals surface area contributed by atoms with Crippen LogP contribution in [0.3, 0.4) is 0 Å². The van der Waals surface area contributed by atoms with Gasteiger partial charge >= 0.3 is 0 Å². The second kappa shape index (κ2) is 4.24. The molecular weight excluding hydrogens is 254 g/mol. The maximum Gasteiger partial charge on any atom is 0.270 e. The molecule has 2 aromatic rings. The summed E-state index contributed by atoms with van der Waals surface area (Å²) in [4.78, 5) is 17.1. The summed E-state index contributed by atoms with van der Waals surface area (Å²) in [5.74, 6) is 0.0517. The molecule has 1 aromatic heterocycles. The van der Waals surface area contributed by atoms with Gasteiger partial charge in [0.15, 0.2) is 0 Å². The van der Waals surface area contributed by atoms with Crippen molar-refractivity contribution in [3.8, 4) is 0 Å². The van der Waals surface area contributed by atoms with E-state index in [9.17, 15) is 9.90 Å². The molecule has 0 aliphatic carbocycles. The Bertz CT molecular complexity index is 669. The number of aliphatic hydroxyl groups is 1. The number of nitrogens with one attached hydrogen (secondary N) is 1. The molecule has 0 radical (unpaired) electrons. The van der Waals surface area contributed by atoms with E-state index in [-0.39, 0.29) is 11.8 Å². The lowest BCUT2D eigenvalue weighted by molar-refractivity contribution is -0.111. The van der Waals surface area contributed by atoms with Gasteiger partial charge in [0.2, 0.25) is 0 Å². The molecule has 106 valence electrons. The number of benzene rings is 1. The molecule has 0 spiro atoms. The van der Waals surface area contributed by atoms with Crippen LogP contribution in [0.15, 0.2) is 24.3 Å². The second-order valence-corrected chi connectivity index (χ2v) is 5.91. The Labute approximate surface area is 117 Å². The summed E-state index contributed by atoms with van der Waals surface area (Å²) in [7, 11) is 0. The van der Waals surface area contributed by atoms with E-state index in [1.54, 1.807) is 17.0 Å². The Kier molecular flexibility index (Phi) is 2.76. The van der Waals surface area contributed by atoms with E-state index in [0.29, 0.717) is 24.5 Å². The number of fused-ring (bicyclic) bond motifs is 1. The molecule has 0 saturated carbocycles. The number of aromatic amines is 1. The predicted molar refractivity (Wildman–Crippen MR) is 78.4 cm³/mol. The fraction of sp³-hybridized carbons (Fsp3) is 0.400. The zero-order chi connectivity index (χ0) is 14.5. The van der Waals surface area contributed by atoms with Crippen molar-refractivity contribution in [3.05, 3.63) is 30.0 Å². The van der Waals surface area contributed by atoms with E-state index in [1.165, 1.54) is 0 Å². The minimum absolute atomic E-state index is 0.0917. The average molecular weight is 273 g/mol. The van der Waals surface area contributed by atoms with Crippen molar-refractivity contribution in [1.29, 1.82) is 0 Å². The molecule has 1 amide bonds. The first kappa shape index (κ1) is 13.0. The Morgan fingerprint density at radius 1 is 1.45 bits per heavy atom. The van der Waals surface area contributed by atoms with E-state index >= 15 is 0 Å². The standard InChI is InChI=1S/C15H19N3O2/c1-9(2)15(20)7-18(8-15)14(19)12-6-10-4-3-5-11(16)13(10)17-12/h3-6,9,17,20H,7-8,16H2,1-2H3. The Hall–Kier alpha value is -2.01. The number of aromatic nitrogens is 1. The molecule has 1 aliphatic heterocycles. The summed E-state index contributed by atoms with van der Waals surface area (Å²) in [6.07, 6.45) is 0. The van der Waals surface area contributed by atoms with Crippen LogP contribution in [0, 0.1) is 5.92 Å². The molecule has 0 unspecified atom stereocenters. The zero-order valence-corrected chi connectivity index (χ0v) is 11.7. The van der Waals surface area contributed by atoms with Crippen LogP contribution in [0.2, 0.25) is 0 Å². The number of carbonyl (C=O) groups excluding carboxylic acids is 1. The number of hydrogen-bond acceptors (Lipinski definition) is 3. The van der Waals surface area contributed by atoms with Crippen LogP contribution < -0.4 is 5.73 Å². The summed E-state index contributed by atoms with van der Waals surface area (Å²) in [6.45, 7) is 4.69. The number of rotatable bonds is 2. The monoisotopic (exact) mass is 273 g/mol. The van der Waals surface area contributed by atoms with Crippen LogP contribution in [0.5, 0.6) is 0 Å². The van der Waals surface area contributed by atoms with Gasteiger partial charge in [-0.3, -0.25) is 4.79 Å². The average Bonchev–Trinajstić information content (AvgIpc) is 2.79. The van der Waals surface area contributed by atoms with E-state index < -0.39 is 5.60 Å². The van der Waals surface area contributed by atoms with Gasteiger partial charge in [0, 0.05) is 5.39 Å². The van der Waals surface area contributed by atoms with E-state index in [1.807, 2.05) is 26.0 Å². The normalized spacial score (nSPS) is 17.5. The van der Waals surface area contributed by atoms with Gasteiger partial charge in [0.25, 0.3) is 5.91 Å². The van der Waals surface area contributed by atoms with Crippen molar-refractivity contribution < 1.29 is 9.90 Å². The van der Waals surface area contributed by atoms with Crippen molar-refractivity contribution in [3.63, 3.8) is 0 Å². The Balaban J connectivity index is 1.83.